The highest BCUT2D eigenvalue weighted by Crippen LogP contribution is 2.16. The van der Waals surface area contributed by atoms with Crippen LogP contribution >= 0.6 is 0 Å². The number of pyridine rings is 1. The third-order valence-corrected chi connectivity index (χ3v) is 4.02. The first-order valence-corrected chi connectivity index (χ1v) is 8.25. The number of nitrogens with zero attached hydrogens (tertiary/aromatic N) is 2. The number of anilines is 1. The third-order valence-electron chi connectivity index (χ3n) is 4.02. The van der Waals surface area contributed by atoms with Crippen molar-refractivity contribution in [3.63, 3.8) is 0 Å². The maximum atomic E-state index is 13.7. The Balaban J connectivity index is 1.79. The molecule has 3 rings (SSSR count). The summed E-state index contributed by atoms with van der Waals surface area (Å²) in [6, 6.07) is 14.7. The molecule has 0 aliphatic rings. The molecule has 0 bridgehead atoms. The molecule has 4 nitrogen and oxygen atoms in total. The lowest BCUT2D eigenvalue weighted by atomic mass is 10.0. The van der Waals surface area contributed by atoms with E-state index in [4.69, 9.17) is 0 Å². The van der Waals surface area contributed by atoms with Crippen LogP contribution in [0.1, 0.15) is 27.0 Å². The molecule has 0 aliphatic carbocycles. The molecule has 0 saturated carbocycles. The fourth-order valence-corrected chi connectivity index (χ4v) is 2.61. The van der Waals surface area contributed by atoms with E-state index in [2.05, 4.69) is 15.3 Å². The van der Waals surface area contributed by atoms with Crippen LogP contribution in [0.3, 0.4) is 0 Å². The Kier molecular flexibility index (Phi) is 5.35. The van der Waals surface area contributed by atoms with Gasteiger partial charge in [0, 0.05) is 24.4 Å². The molecule has 6 heteroatoms. The van der Waals surface area contributed by atoms with Crippen molar-refractivity contribution < 1.29 is 13.6 Å². The van der Waals surface area contributed by atoms with E-state index in [9.17, 15) is 13.6 Å². The standard InChI is InChI=1S/C21H17F2N3O/c1-13-6-8-14(9-7-13)20(24-2)15-10-11-18(25-12-15)26-21(27)16-4-3-5-17(22)19(16)23/h3-12H,1-2H3,(H,25,26,27). The Morgan fingerprint density at radius 1 is 1.00 bits per heavy atom. The van der Waals surface area contributed by atoms with Crippen LogP contribution in [0.2, 0.25) is 0 Å². The number of carbonyl (C=O) groups excluding carboxylic acids is 1. The number of nitrogens with one attached hydrogen (secondary N) is 1. The fourth-order valence-electron chi connectivity index (χ4n) is 2.61. The van der Waals surface area contributed by atoms with Gasteiger partial charge in [-0.3, -0.25) is 9.79 Å². The van der Waals surface area contributed by atoms with E-state index in [1.165, 1.54) is 12.1 Å². The molecule has 3 aromatic rings. The number of benzene rings is 2. The quantitative estimate of drug-likeness (QED) is 0.697. The topological polar surface area (TPSA) is 54.4 Å². The molecular weight excluding hydrogens is 348 g/mol. The van der Waals surface area contributed by atoms with E-state index >= 15 is 0 Å². The van der Waals surface area contributed by atoms with Crippen LogP contribution in [0.5, 0.6) is 0 Å². The number of rotatable bonds is 4. The summed E-state index contributed by atoms with van der Waals surface area (Å²) in [7, 11) is 1.69. The number of aliphatic imine (C=N–C) groups is 1. The molecule has 0 atom stereocenters. The van der Waals surface area contributed by atoms with Gasteiger partial charge in [-0.25, -0.2) is 13.8 Å². The van der Waals surface area contributed by atoms with Crippen LogP contribution in [-0.4, -0.2) is 23.7 Å². The Hall–Kier alpha value is -3.41. The minimum absolute atomic E-state index is 0.228. The van der Waals surface area contributed by atoms with Crippen LogP contribution in [0.15, 0.2) is 65.8 Å². The molecule has 0 saturated heterocycles. The molecule has 27 heavy (non-hydrogen) atoms. The summed E-state index contributed by atoms with van der Waals surface area (Å²) in [5.74, 6) is -2.80. The Bertz CT molecular complexity index is 997. The van der Waals surface area contributed by atoms with Gasteiger partial charge < -0.3 is 5.32 Å². The molecule has 1 N–H and O–H groups in total. The van der Waals surface area contributed by atoms with Crippen molar-refractivity contribution in [2.45, 2.75) is 6.92 Å². The van der Waals surface area contributed by atoms with Crippen molar-refractivity contribution in [3.05, 3.63) is 94.7 Å². The maximum Gasteiger partial charge on any atom is 0.259 e. The van der Waals surface area contributed by atoms with E-state index in [0.717, 1.165) is 28.5 Å². The number of halogens is 2. The van der Waals surface area contributed by atoms with Crippen LogP contribution < -0.4 is 5.32 Å². The predicted octanol–water partition coefficient (Wildman–Crippen LogP) is 4.39. The summed E-state index contributed by atoms with van der Waals surface area (Å²) >= 11 is 0. The maximum absolute atomic E-state index is 13.7. The van der Waals surface area contributed by atoms with E-state index in [0.29, 0.717) is 0 Å². The van der Waals surface area contributed by atoms with Crippen LogP contribution in [0, 0.1) is 18.6 Å². The summed E-state index contributed by atoms with van der Waals surface area (Å²) in [5, 5.41) is 2.46. The van der Waals surface area contributed by atoms with Crippen molar-refractivity contribution in [2.75, 3.05) is 12.4 Å². The first kappa shape index (κ1) is 18.4. The SMILES string of the molecule is CN=C(c1ccc(C)cc1)c1ccc(NC(=O)c2cccc(F)c2F)nc1. The minimum atomic E-state index is -1.19. The number of hydrogen-bond acceptors (Lipinski definition) is 3. The molecule has 0 spiro atoms. The monoisotopic (exact) mass is 365 g/mol. The highest BCUT2D eigenvalue weighted by molar-refractivity contribution is 6.13. The second kappa shape index (κ2) is 7.86. The van der Waals surface area contributed by atoms with Crippen molar-refractivity contribution >= 4 is 17.4 Å². The molecule has 0 radical (unpaired) electrons. The molecule has 1 heterocycles. The first-order valence-electron chi connectivity index (χ1n) is 8.25. The van der Waals surface area contributed by atoms with Gasteiger partial charge in [-0.05, 0) is 31.2 Å². The van der Waals surface area contributed by atoms with E-state index in [1.54, 1.807) is 25.4 Å². The van der Waals surface area contributed by atoms with Crippen LogP contribution in [-0.2, 0) is 0 Å². The number of aromatic nitrogens is 1. The van der Waals surface area contributed by atoms with Gasteiger partial charge in [-0.15, -0.1) is 0 Å². The highest BCUT2D eigenvalue weighted by Gasteiger charge is 2.16. The van der Waals surface area contributed by atoms with E-state index in [-0.39, 0.29) is 11.4 Å². The van der Waals surface area contributed by atoms with Crippen LogP contribution in [0.25, 0.3) is 0 Å². The number of aryl methyl sites for hydroxylation is 1. The zero-order valence-corrected chi connectivity index (χ0v) is 14.8. The number of carbonyl (C=O) groups is 1. The van der Waals surface area contributed by atoms with Crippen molar-refractivity contribution in [3.8, 4) is 0 Å². The van der Waals surface area contributed by atoms with Crippen molar-refractivity contribution in [1.29, 1.82) is 0 Å². The molecule has 2 aromatic carbocycles. The molecular formula is C21H17F2N3O. The van der Waals surface area contributed by atoms with Gasteiger partial charge in [0.05, 0.1) is 11.3 Å². The fraction of sp³-hybridized carbons (Fsp3) is 0.0952. The number of hydrogen-bond donors (Lipinski definition) is 1. The van der Waals surface area contributed by atoms with Gasteiger partial charge >= 0.3 is 0 Å². The highest BCUT2D eigenvalue weighted by atomic mass is 19.2. The van der Waals surface area contributed by atoms with E-state index in [1.807, 2.05) is 31.2 Å². The Morgan fingerprint density at radius 2 is 1.70 bits per heavy atom. The summed E-state index contributed by atoms with van der Waals surface area (Å²) in [6.07, 6.45) is 1.57. The summed E-state index contributed by atoms with van der Waals surface area (Å²) in [4.78, 5) is 20.6. The van der Waals surface area contributed by atoms with Crippen LogP contribution in [0.4, 0.5) is 14.6 Å². The van der Waals surface area contributed by atoms with Gasteiger partial charge in [0.2, 0.25) is 0 Å². The summed E-state index contributed by atoms with van der Waals surface area (Å²) in [6.45, 7) is 2.01. The molecule has 1 amide bonds. The Labute approximate surface area is 155 Å². The molecule has 136 valence electrons. The second-order valence-electron chi connectivity index (χ2n) is 5.93. The van der Waals surface area contributed by atoms with Gasteiger partial charge in [0.15, 0.2) is 11.6 Å². The smallest absolute Gasteiger partial charge is 0.259 e. The molecule has 0 unspecified atom stereocenters. The summed E-state index contributed by atoms with van der Waals surface area (Å²) < 4.78 is 27.0. The third kappa shape index (κ3) is 4.06. The lowest BCUT2D eigenvalue weighted by Gasteiger charge is -2.09. The first-order chi connectivity index (χ1) is 13.0. The lowest BCUT2D eigenvalue weighted by molar-refractivity contribution is 0.102. The van der Waals surface area contributed by atoms with Gasteiger partial charge in [-0.2, -0.15) is 0 Å². The average Bonchev–Trinajstić information content (AvgIpc) is 2.67. The minimum Gasteiger partial charge on any atom is -0.306 e. The largest absolute Gasteiger partial charge is 0.306 e. The molecule has 0 aliphatic heterocycles. The molecule has 0 fully saturated rings. The van der Waals surface area contributed by atoms with Gasteiger partial charge in [-0.1, -0.05) is 35.9 Å². The normalized spacial score (nSPS) is 11.3. The average molecular weight is 365 g/mol. The van der Waals surface area contributed by atoms with E-state index < -0.39 is 17.5 Å². The Morgan fingerprint density at radius 3 is 2.33 bits per heavy atom. The number of amides is 1. The van der Waals surface area contributed by atoms with Crippen molar-refractivity contribution in [2.24, 2.45) is 4.99 Å². The van der Waals surface area contributed by atoms with Crippen molar-refractivity contribution in [1.82, 2.24) is 4.98 Å². The van der Waals surface area contributed by atoms with Gasteiger partial charge in [0.25, 0.3) is 5.91 Å². The zero-order valence-electron chi connectivity index (χ0n) is 14.8. The zero-order chi connectivity index (χ0) is 19.4. The summed E-state index contributed by atoms with van der Waals surface area (Å²) in [5.41, 5.74) is 3.25. The predicted molar refractivity (Wildman–Crippen MR) is 101 cm³/mol. The van der Waals surface area contributed by atoms with Gasteiger partial charge in [0.1, 0.15) is 5.82 Å². The lowest BCUT2D eigenvalue weighted by Crippen LogP contribution is -2.15. The second-order valence-corrected chi connectivity index (χ2v) is 5.93. The molecule has 1 aromatic heterocycles.